The van der Waals surface area contributed by atoms with Gasteiger partial charge in [-0.2, -0.15) is 0 Å². The van der Waals surface area contributed by atoms with E-state index < -0.39 is 5.41 Å². The quantitative estimate of drug-likeness (QED) is 0.151. The summed E-state index contributed by atoms with van der Waals surface area (Å²) in [7, 11) is 0. The zero-order valence-electron chi connectivity index (χ0n) is 25.8. The lowest BCUT2D eigenvalue weighted by molar-refractivity contribution is 0.00877. The zero-order valence-corrected chi connectivity index (χ0v) is 26.6. The lowest BCUT2D eigenvalue weighted by Gasteiger charge is -2.63. The molecule has 0 aromatic heterocycles. The molecule has 3 heteroatoms. The highest BCUT2D eigenvalue weighted by atomic mass is 32.2. The van der Waals surface area contributed by atoms with Crippen LogP contribution in [0.1, 0.15) is 54.0 Å². The predicted molar refractivity (Wildman–Crippen MR) is 188 cm³/mol. The second kappa shape index (κ2) is 8.45. The topological polar surface area (TPSA) is 3.24 Å². The van der Waals surface area contributed by atoms with E-state index in [0.717, 1.165) is 17.8 Å². The summed E-state index contributed by atoms with van der Waals surface area (Å²) < 4.78 is 0. The van der Waals surface area contributed by atoms with Gasteiger partial charge >= 0.3 is 0 Å². The third kappa shape index (κ3) is 2.96. The zero-order chi connectivity index (χ0) is 29.7. The number of nitrogens with zero attached hydrogens (tertiary/aromatic N) is 1. The summed E-state index contributed by atoms with van der Waals surface area (Å²) in [6.45, 7) is 5.08. The van der Waals surface area contributed by atoms with Crippen molar-refractivity contribution in [3.05, 3.63) is 149 Å². The predicted octanol–water partition coefficient (Wildman–Crippen LogP) is 7.87. The molecule has 3 aliphatic heterocycles. The van der Waals surface area contributed by atoms with Gasteiger partial charge in [0.1, 0.15) is 0 Å². The molecule has 0 saturated heterocycles. The van der Waals surface area contributed by atoms with Gasteiger partial charge < -0.3 is 4.90 Å². The second-order valence-corrected chi connectivity index (χ2v) is 15.9. The van der Waals surface area contributed by atoms with Gasteiger partial charge in [0.15, 0.2) is 0 Å². The molecular weight excluding hydrogens is 561 g/mol. The molecule has 2 saturated carbocycles. The molecule has 11 rings (SSSR count). The van der Waals surface area contributed by atoms with Crippen molar-refractivity contribution in [1.82, 2.24) is 0 Å². The smallest absolute Gasteiger partial charge is 0.250 e. The highest BCUT2D eigenvalue weighted by molar-refractivity contribution is 8.00. The molecule has 1 nitrogen and oxygen atoms in total. The molecule has 3 heterocycles. The van der Waals surface area contributed by atoms with Crippen LogP contribution in [0.15, 0.2) is 131 Å². The van der Waals surface area contributed by atoms with Gasteiger partial charge in [-0.15, -0.1) is 0 Å². The van der Waals surface area contributed by atoms with E-state index in [1.165, 1.54) is 84.6 Å². The van der Waals surface area contributed by atoms with Gasteiger partial charge in [-0.25, -0.2) is 0 Å². The van der Waals surface area contributed by atoms with Gasteiger partial charge in [-0.3, -0.25) is 0 Å². The van der Waals surface area contributed by atoms with Crippen LogP contribution in [0.5, 0.6) is 0 Å². The minimum atomic E-state index is -0.409. The van der Waals surface area contributed by atoms with E-state index in [9.17, 15) is 0 Å². The van der Waals surface area contributed by atoms with E-state index in [1.807, 2.05) is 11.8 Å². The van der Waals surface area contributed by atoms with Crippen LogP contribution in [0, 0.1) is 24.7 Å². The summed E-state index contributed by atoms with van der Waals surface area (Å²) in [5.41, 5.74) is 15.6. The number of hydrogen-bond donors (Lipinski definition) is 0. The Bertz CT molecular complexity index is 2090. The molecule has 6 aliphatic rings. The van der Waals surface area contributed by atoms with Crippen molar-refractivity contribution in [3.8, 4) is 0 Å². The van der Waals surface area contributed by atoms with Gasteiger partial charge in [0.05, 0.1) is 11.0 Å². The summed E-state index contributed by atoms with van der Waals surface area (Å²) in [5, 5.41) is 0. The molecule has 0 spiro atoms. The summed E-state index contributed by atoms with van der Waals surface area (Å²) in [6.07, 6.45) is 6.71. The molecular formula is C42H34BNS. The number of hydrogen-bond acceptors (Lipinski definition) is 2. The van der Waals surface area contributed by atoms with E-state index in [1.54, 1.807) is 5.57 Å². The van der Waals surface area contributed by atoms with Crippen molar-refractivity contribution in [1.29, 1.82) is 0 Å². The molecule has 4 unspecified atom stereocenters. The van der Waals surface area contributed by atoms with Crippen molar-refractivity contribution in [2.45, 2.75) is 53.9 Å². The van der Waals surface area contributed by atoms with Crippen molar-refractivity contribution >= 4 is 46.2 Å². The summed E-state index contributed by atoms with van der Waals surface area (Å²) in [6, 6.07) is 42.1. The Hall–Kier alpha value is -3.95. The SMILES string of the molecule is Cc1cc2c3c(c1)N(C1(C)C=C4CC5CC(C1)C45)c1cccc4c1B3c1c(cccc1C4(c1ccccc1)c1ccccc1)S2. The molecule has 0 N–H and O–H groups in total. The van der Waals surface area contributed by atoms with Crippen LogP contribution < -0.4 is 21.3 Å². The van der Waals surface area contributed by atoms with Crippen molar-refractivity contribution in [2.24, 2.45) is 17.8 Å². The largest absolute Gasteiger partial charge is 0.333 e. The van der Waals surface area contributed by atoms with E-state index >= 15 is 0 Å². The fraction of sp³-hybridized carbons (Fsp3) is 0.238. The number of aryl methyl sites for hydroxylation is 1. The molecule has 5 aromatic carbocycles. The van der Waals surface area contributed by atoms with Crippen LogP contribution in [-0.2, 0) is 5.41 Å². The second-order valence-electron chi connectivity index (χ2n) is 14.8. The maximum atomic E-state index is 2.82. The normalized spacial score (nSPS) is 26.6. The third-order valence-corrected chi connectivity index (χ3v) is 13.6. The number of anilines is 2. The standard InChI is InChI=1S/C42H34BNS/c1-25-19-34-40-36(20-25)45-35-18-10-16-32-39(35)43(40)38-31(42(32,29-11-5-3-6-12-29)30-13-7-4-8-14-30)15-9-17-33(38)44(34)41(2)23-27-21-26-22-28(24-41)37(26)27/h3-20,23,26,28,37H,21-22,24H2,1-2H3. The third-order valence-electron chi connectivity index (χ3n) is 12.4. The van der Waals surface area contributed by atoms with Crippen LogP contribution in [0.4, 0.5) is 11.4 Å². The lowest BCUT2D eigenvalue weighted by Crippen LogP contribution is -2.69. The minimum Gasteiger partial charge on any atom is -0.333 e. The fourth-order valence-corrected chi connectivity index (χ4v) is 12.3. The Morgan fingerprint density at radius 1 is 0.711 bits per heavy atom. The minimum absolute atomic E-state index is 0.0480. The highest BCUT2D eigenvalue weighted by Gasteiger charge is 2.59. The average Bonchev–Trinajstić information content (AvgIpc) is 3.03. The van der Waals surface area contributed by atoms with Gasteiger partial charge in [0.25, 0.3) is 0 Å². The first-order chi connectivity index (χ1) is 22.1. The van der Waals surface area contributed by atoms with Crippen molar-refractivity contribution < 1.29 is 0 Å². The van der Waals surface area contributed by atoms with Gasteiger partial charge in [-0.05, 0) is 114 Å². The number of benzene rings is 5. The molecule has 45 heavy (non-hydrogen) atoms. The Morgan fingerprint density at radius 2 is 1.42 bits per heavy atom. The van der Waals surface area contributed by atoms with E-state index in [-0.39, 0.29) is 12.3 Å². The molecule has 0 bridgehead atoms. The van der Waals surface area contributed by atoms with Gasteiger partial charge in [0.2, 0.25) is 6.71 Å². The molecule has 0 radical (unpaired) electrons. The first-order valence-electron chi connectivity index (χ1n) is 16.8. The molecule has 4 atom stereocenters. The van der Waals surface area contributed by atoms with Crippen molar-refractivity contribution in [3.63, 3.8) is 0 Å². The highest BCUT2D eigenvalue weighted by Crippen LogP contribution is 2.64. The Kier molecular flexibility index (Phi) is 4.74. The van der Waals surface area contributed by atoms with E-state index in [2.05, 4.69) is 134 Å². The van der Waals surface area contributed by atoms with Crippen molar-refractivity contribution in [2.75, 3.05) is 4.90 Å². The van der Waals surface area contributed by atoms with Crippen LogP contribution in [0.3, 0.4) is 0 Å². The molecule has 5 aromatic rings. The average molecular weight is 596 g/mol. The summed E-state index contributed by atoms with van der Waals surface area (Å²) >= 11 is 2.00. The lowest BCUT2D eigenvalue weighted by atomic mass is 9.29. The molecule has 2 fully saturated rings. The monoisotopic (exact) mass is 595 g/mol. The molecule has 0 amide bonds. The Morgan fingerprint density at radius 3 is 2.13 bits per heavy atom. The first-order valence-corrected chi connectivity index (χ1v) is 17.6. The first kappa shape index (κ1) is 25.3. The van der Waals surface area contributed by atoms with Crippen LogP contribution in [-0.4, -0.2) is 12.3 Å². The maximum Gasteiger partial charge on any atom is 0.250 e. The number of rotatable bonds is 3. The van der Waals surface area contributed by atoms with Crippen LogP contribution in [0.2, 0.25) is 0 Å². The van der Waals surface area contributed by atoms with E-state index in [0.29, 0.717) is 0 Å². The Balaban J connectivity index is 1.29. The summed E-state index contributed by atoms with van der Waals surface area (Å²) in [4.78, 5) is 5.67. The van der Waals surface area contributed by atoms with Gasteiger partial charge in [-0.1, -0.05) is 114 Å². The molecule has 216 valence electrons. The van der Waals surface area contributed by atoms with Gasteiger partial charge in [0, 0.05) is 21.2 Å². The van der Waals surface area contributed by atoms with E-state index in [4.69, 9.17) is 0 Å². The molecule has 3 aliphatic carbocycles. The maximum absolute atomic E-state index is 2.82. The van der Waals surface area contributed by atoms with Crippen LogP contribution >= 0.6 is 11.8 Å². The fourth-order valence-electron chi connectivity index (χ4n) is 11.0. The Labute approximate surface area is 270 Å². The van der Waals surface area contributed by atoms with Crippen LogP contribution in [0.25, 0.3) is 0 Å². The summed E-state index contributed by atoms with van der Waals surface area (Å²) in [5.74, 6) is 2.68. The number of allylic oxidation sites excluding steroid dienone is 1.